The van der Waals surface area contributed by atoms with E-state index in [2.05, 4.69) is 22.5 Å². The molecule has 1 aromatic heterocycles. The summed E-state index contributed by atoms with van der Waals surface area (Å²) in [6.07, 6.45) is 3.73. The van der Waals surface area contributed by atoms with Gasteiger partial charge in [-0.05, 0) is 45.2 Å². The highest BCUT2D eigenvalue weighted by Gasteiger charge is 2.24. The molecule has 22 heavy (non-hydrogen) atoms. The van der Waals surface area contributed by atoms with Gasteiger partial charge in [-0.1, -0.05) is 13.3 Å². The van der Waals surface area contributed by atoms with Gasteiger partial charge in [0.25, 0.3) is 5.91 Å². The van der Waals surface area contributed by atoms with Crippen LogP contribution in [0.25, 0.3) is 0 Å². The molecule has 0 saturated carbocycles. The van der Waals surface area contributed by atoms with Gasteiger partial charge in [0.15, 0.2) is 5.78 Å². The lowest BCUT2D eigenvalue weighted by Gasteiger charge is -2.23. The minimum Gasteiger partial charge on any atom is -0.354 e. The van der Waals surface area contributed by atoms with Gasteiger partial charge < -0.3 is 15.6 Å². The number of aromatic amines is 1. The van der Waals surface area contributed by atoms with Crippen LogP contribution < -0.4 is 10.6 Å². The van der Waals surface area contributed by atoms with Gasteiger partial charge >= 0.3 is 0 Å². The Bertz CT molecular complexity index is 534. The summed E-state index contributed by atoms with van der Waals surface area (Å²) < 4.78 is 0. The van der Waals surface area contributed by atoms with Gasteiger partial charge in [0.05, 0.1) is 0 Å². The maximum atomic E-state index is 12.5. The molecule has 1 fully saturated rings. The van der Waals surface area contributed by atoms with Gasteiger partial charge in [-0.3, -0.25) is 9.59 Å². The molecule has 1 aliphatic rings. The normalized spacial score (nSPS) is 17.7. The maximum absolute atomic E-state index is 12.5. The lowest BCUT2D eigenvalue weighted by molar-refractivity contribution is 0.0925. The third-order valence-corrected chi connectivity index (χ3v) is 4.00. The summed E-state index contributed by atoms with van der Waals surface area (Å²) in [6.45, 7) is 7.30. The molecule has 1 amide bonds. The molecule has 124 valence electrons. The Balaban J connectivity index is 0.00000242. The summed E-state index contributed by atoms with van der Waals surface area (Å²) in [7, 11) is 0. The van der Waals surface area contributed by atoms with Crippen molar-refractivity contribution >= 4 is 24.1 Å². The molecule has 3 N–H and O–H groups in total. The average molecular weight is 328 g/mol. The van der Waals surface area contributed by atoms with Crippen LogP contribution in [0.3, 0.4) is 0 Å². The van der Waals surface area contributed by atoms with E-state index in [0.29, 0.717) is 11.3 Å². The van der Waals surface area contributed by atoms with Crippen molar-refractivity contribution in [2.75, 3.05) is 13.1 Å². The van der Waals surface area contributed by atoms with E-state index < -0.39 is 0 Å². The molecular weight excluding hydrogens is 302 g/mol. The molecule has 2 heterocycles. The van der Waals surface area contributed by atoms with Crippen molar-refractivity contribution in [1.82, 2.24) is 15.6 Å². The molecular formula is C16H26ClN3O2. The number of ketones is 1. The largest absolute Gasteiger partial charge is 0.354 e. The number of aryl methyl sites for hydroxylation is 1. The van der Waals surface area contributed by atoms with Crippen LogP contribution in [0.5, 0.6) is 0 Å². The zero-order chi connectivity index (χ0) is 15.4. The molecule has 1 atom stereocenters. The number of nitrogens with one attached hydrogen (secondary N) is 3. The van der Waals surface area contributed by atoms with Crippen LogP contribution in [0, 0.1) is 6.92 Å². The smallest absolute Gasteiger partial charge is 0.268 e. The molecule has 0 aliphatic carbocycles. The summed E-state index contributed by atoms with van der Waals surface area (Å²) in [4.78, 5) is 27.5. The Kier molecular flexibility index (Phi) is 7.10. The Morgan fingerprint density at radius 2 is 2.09 bits per heavy atom. The molecule has 1 aromatic rings. The van der Waals surface area contributed by atoms with E-state index in [1.165, 1.54) is 0 Å². The Morgan fingerprint density at radius 3 is 2.64 bits per heavy atom. The predicted molar refractivity (Wildman–Crippen MR) is 90.1 cm³/mol. The van der Waals surface area contributed by atoms with Gasteiger partial charge in [-0.25, -0.2) is 0 Å². The summed E-state index contributed by atoms with van der Waals surface area (Å²) in [5.41, 5.74) is 2.90. The monoisotopic (exact) mass is 327 g/mol. The molecule has 0 radical (unpaired) electrons. The Hall–Kier alpha value is -1.33. The number of hydrogen-bond donors (Lipinski definition) is 3. The van der Waals surface area contributed by atoms with Crippen LogP contribution in [0.4, 0.5) is 0 Å². The van der Waals surface area contributed by atoms with Crippen LogP contribution in [0.1, 0.15) is 65.2 Å². The first-order valence-corrected chi connectivity index (χ1v) is 7.78. The van der Waals surface area contributed by atoms with Crippen molar-refractivity contribution in [3.63, 3.8) is 0 Å². The second kappa shape index (κ2) is 8.34. The third kappa shape index (κ3) is 4.11. The van der Waals surface area contributed by atoms with Gasteiger partial charge in [0.2, 0.25) is 0 Å². The highest BCUT2D eigenvalue weighted by molar-refractivity contribution is 6.02. The van der Waals surface area contributed by atoms with E-state index in [1.54, 1.807) is 6.92 Å². The van der Waals surface area contributed by atoms with Crippen molar-refractivity contribution in [2.45, 2.75) is 52.5 Å². The van der Waals surface area contributed by atoms with Crippen LogP contribution in [-0.4, -0.2) is 35.8 Å². The molecule has 0 bridgehead atoms. The predicted octanol–water partition coefficient (Wildman–Crippen LogP) is 2.38. The fourth-order valence-electron chi connectivity index (χ4n) is 3.08. The standard InChI is InChI=1S/C16H25N3O2.ClH/c1-4-6-13-14(11(3)20)10(2)18-15(13)16(21)19-12-7-5-8-17-9-12;/h12,17-18H,4-9H2,1-3H3,(H,19,21);1H. The first-order chi connectivity index (χ1) is 10.0. The Morgan fingerprint density at radius 1 is 1.36 bits per heavy atom. The quantitative estimate of drug-likeness (QED) is 0.727. The molecule has 1 saturated heterocycles. The number of amides is 1. The average Bonchev–Trinajstić information content (AvgIpc) is 2.77. The van der Waals surface area contributed by atoms with E-state index in [9.17, 15) is 9.59 Å². The second-order valence-electron chi connectivity index (χ2n) is 5.80. The van der Waals surface area contributed by atoms with Crippen LogP contribution in [0.2, 0.25) is 0 Å². The number of Topliss-reactive ketones (excluding diaryl/α,β-unsaturated/α-hetero) is 1. The molecule has 6 heteroatoms. The lowest BCUT2D eigenvalue weighted by Crippen LogP contribution is -2.45. The first-order valence-electron chi connectivity index (χ1n) is 7.78. The second-order valence-corrected chi connectivity index (χ2v) is 5.80. The summed E-state index contributed by atoms with van der Waals surface area (Å²) in [5, 5.41) is 6.36. The van der Waals surface area contributed by atoms with Crippen LogP contribution in [-0.2, 0) is 6.42 Å². The van der Waals surface area contributed by atoms with Gasteiger partial charge in [-0.2, -0.15) is 0 Å². The van der Waals surface area contributed by atoms with Crippen molar-refractivity contribution in [3.8, 4) is 0 Å². The Labute approximate surface area is 138 Å². The maximum Gasteiger partial charge on any atom is 0.268 e. The van der Waals surface area contributed by atoms with Crippen molar-refractivity contribution in [2.24, 2.45) is 0 Å². The molecule has 1 aliphatic heterocycles. The highest BCUT2D eigenvalue weighted by Crippen LogP contribution is 2.21. The zero-order valence-corrected chi connectivity index (χ0v) is 14.4. The summed E-state index contributed by atoms with van der Waals surface area (Å²) in [5.74, 6) is -0.0756. The number of H-pyrrole nitrogens is 1. The van der Waals surface area contributed by atoms with Crippen LogP contribution >= 0.6 is 12.4 Å². The molecule has 1 unspecified atom stereocenters. The SMILES string of the molecule is CCCc1c(C(=O)NC2CCCNC2)[nH]c(C)c1C(C)=O.Cl. The molecule has 0 spiro atoms. The number of halogens is 1. The van der Waals surface area contributed by atoms with Crippen molar-refractivity contribution < 1.29 is 9.59 Å². The van der Waals surface area contributed by atoms with E-state index in [0.717, 1.165) is 50.0 Å². The fourth-order valence-corrected chi connectivity index (χ4v) is 3.08. The van der Waals surface area contributed by atoms with E-state index >= 15 is 0 Å². The van der Waals surface area contributed by atoms with E-state index in [4.69, 9.17) is 0 Å². The molecule has 0 aromatic carbocycles. The number of carbonyl (C=O) groups excluding carboxylic acids is 2. The number of hydrogen-bond acceptors (Lipinski definition) is 3. The summed E-state index contributed by atoms with van der Waals surface area (Å²) in [6, 6.07) is 0.171. The van der Waals surface area contributed by atoms with Gasteiger partial charge in [0, 0.05) is 23.8 Å². The minimum absolute atomic E-state index is 0. The van der Waals surface area contributed by atoms with E-state index in [-0.39, 0.29) is 30.1 Å². The number of rotatable bonds is 5. The molecule has 2 rings (SSSR count). The fraction of sp³-hybridized carbons (Fsp3) is 0.625. The summed E-state index contributed by atoms with van der Waals surface area (Å²) >= 11 is 0. The highest BCUT2D eigenvalue weighted by atomic mass is 35.5. The van der Waals surface area contributed by atoms with Gasteiger partial charge in [0.1, 0.15) is 5.69 Å². The number of carbonyl (C=O) groups is 2. The topological polar surface area (TPSA) is 74.0 Å². The number of piperidine rings is 1. The minimum atomic E-state index is -0.0947. The third-order valence-electron chi connectivity index (χ3n) is 4.00. The number of aromatic nitrogens is 1. The van der Waals surface area contributed by atoms with Crippen LogP contribution in [0.15, 0.2) is 0 Å². The zero-order valence-electron chi connectivity index (χ0n) is 13.5. The first kappa shape index (κ1) is 18.7. The molecule has 5 nitrogen and oxygen atoms in total. The van der Waals surface area contributed by atoms with E-state index in [1.807, 2.05) is 6.92 Å². The van der Waals surface area contributed by atoms with Crippen molar-refractivity contribution in [3.05, 3.63) is 22.5 Å². The van der Waals surface area contributed by atoms with Gasteiger partial charge in [-0.15, -0.1) is 12.4 Å². The van der Waals surface area contributed by atoms with Crippen molar-refractivity contribution in [1.29, 1.82) is 0 Å². The lowest BCUT2D eigenvalue weighted by atomic mass is 10.0.